The summed E-state index contributed by atoms with van der Waals surface area (Å²) in [6.07, 6.45) is 1.32. The number of carbonyl (C=O) groups excluding carboxylic acids is 1. The molecule has 0 aliphatic heterocycles. The highest BCUT2D eigenvalue weighted by Crippen LogP contribution is 2.15. The van der Waals surface area contributed by atoms with Crippen molar-refractivity contribution in [3.05, 3.63) is 65.2 Å². The molecule has 0 saturated carbocycles. The normalized spacial score (nSPS) is 13.1. The Balaban J connectivity index is 1.70. The van der Waals surface area contributed by atoms with E-state index in [1.165, 1.54) is 0 Å². The number of aryl methyl sites for hydroxylation is 1. The Morgan fingerprint density at radius 1 is 1.17 bits per heavy atom. The first-order valence-electron chi connectivity index (χ1n) is 7.86. The summed E-state index contributed by atoms with van der Waals surface area (Å²) in [6, 6.07) is 16.7. The molecule has 0 fully saturated rings. The van der Waals surface area contributed by atoms with Crippen LogP contribution in [0.1, 0.15) is 18.9 Å². The Kier molecular flexibility index (Phi) is 6.64. The van der Waals surface area contributed by atoms with Crippen molar-refractivity contribution < 1.29 is 14.6 Å². The van der Waals surface area contributed by atoms with Gasteiger partial charge < -0.3 is 15.2 Å². The summed E-state index contributed by atoms with van der Waals surface area (Å²) in [6.45, 7) is 1.80. The molecule has 128 valence electrons. The Morgan fingerprint density at radius 2 is 1.83 bits per heavy atom. The third kappa shape index (κ3) is 6.60. The van der Waals surface area contributed by atoms with Gasteiger partial charge in [-0.05, 0) is 49.6 Å². The number of hydrogen-bond donors (Lipinski definition) is 2. The van der Waals surface area contributed by atoms with E-state index < -0.39 is 5.60 Å². The van der Waals surface area contributed by atoms with Crippen molar-refractivity contribution in [1.29, 1.82) is 0 Å². The molecule has 2 aromatic rings. The maximum atomic E-state index is 11.8. The fourth-order valence-electron chi connectivity index (χ4n) is 2.17. The molecule has 1 atom stereocenters. The smallest absolute Gasteiger partial charge is 0.258 e. The van der Waals surface area contributed by atoms with Crippen molar-refractivity contribution in [3.8, 4) is 5.75 Å². The van der Waals surface area contributed by atoms with Crippen molar-refractivity contribution in [1.82, 2.24) is 5.32 Å². The minimum absolute atomic E-state index is 0.101. The third-order valence-corrected chi connectivity index (χ3v) is 3.90. The van der Waals surface area contributed by atoms with E-state index in [1.54, 1.807) is 31.2 Å². The summed E-state index contributed by atoms with van der Waals surface area (Å²) in [5.74, 6) is 0.301. The van der Waals surface area contributed by atoms with Gasteiger partial charge in [0, 0.05) is 11.6 Å². The van der Waals surface area contributed by atoms with Crippen molar-refractivity contribution in [2.24, 2.45) is 0 Å². The third-order valence-electron chi connectivity index (χ3n) is 3.65. The Morgan fingerprint density at radius 3 is 2.50 bits per heavy atom. The van der Waals surface area contributed by atoms with E-state index in [0.717, 1.165) is 12.0 Å². The zero-order valence-electron chi connectivity index (χ0n) is 13.7. The molecule has 0 aliphatic carbocycles. The molecule has 0 aromatic heterocycles. The SMILES string of the molecule is C[C@@](O)(CCc1ccccc1)CNC(=O)COc1ccc(Cl)cc1. The number of carbonyl (C=O) groups is 1. The van der Waals surface area contributed by atoms with E-state index in [-0.39, 0.29) is 19.1 Å². The van der Waals surface area contributed by atoms with Crippen LogP contribution in [0, 0.1) is 0 Å². The fraction of sp³-hybridized carbons (Fsp3) is 0.316. The van der Waals surface area contributed by atoms with Crippen LogP contribution in [0.3, 0.4) is 0 Å². The molecule has 0 bridgehead atoms. The molecule has 0 spiro atoms. The first-order valence-corrected chi connectivity index (χ1v) is 8.24. The van der Waals surface area contributed by atoms with Crippen LogP contribution >= 0.6 is 11.6 Å². The van der Waals surface area contributed by atoms with E-state index in [2.05, 4.69) is 5.32 Å². The van der Waals surface area contributed by atoms with Gasteiger partial charge in [-0.2, -0.15) is 0 Å². The quantitative estimate of drug-likeness (QED) is 0.770. The molecule has 2 N–H and O–H groups in total. The van der Waals surface area contributed by atoms with Crippen LogP contribution in [-0.2, 0) is 11.2 Å². The lowest BCUT2D eigenvalue weighted by molar-refractivity contribution is -0.124. The topological polar surface area (TPSA) is 58.6 Å². The van der Waals surface area contributed by atoms with Gasteiger partial charge in [0.2, 0.25) is 0 Å². The molecule has 4 nitrogen and oxygen atoms in total. The number of hydrogen-bond acceptors (Lipinski definition) is 3. The number of amides is 1. The highest BCUT2D eigenvalue weighted by molar-refractivity contribution is 6.30. The minimum atomic E-state index is -0.966. The molecule has 0 unspecified atom stereocenters. The second-order valence-electron chi connectivity index (χ2n) is 6.00. The summed E-state index contributed by atoms with van der Waals surface area (Å²) in [4.78, 5) is 11.8. The van der Waals surface area contributed by atoms with Crippen LogP contribution in [0.5, 0.6) is 5.75 Å². The Labute approximate surface area is 147 Å². The van der Waals surface area contributed by atoms with Crippen LogP contribution in [0.25, 0.3) is 0 Å². The van der Waals surface area contributed by atoms with Crippen molar-refractivity contribution in [2.45, 2.75) is 25.4 Å². The molecule has 5 heteroatoms. The first kappa shape index (κ1) is 18.3. The van der Waals surface area contributed by atoms with Gasteiger partial charge in [0.1, 0.15) is 5.75 Å². The summed E-state index contributed by atoms with van der Waals surface area (Å²) in [5, 5.41) is 13.7. The molecule has 0 radical (unpaired) electrons. The molecule has 1 amide bonds. The fourth-order valence-corrected chi connectivity index (χ4v) is 2.29. The van der Waals surface area contributed by atoms with Crippen LogP contribution in [0.2, 0.25) is 5.02 Å². The van der Waals surface area contributed by atoms with Gasteiger partial charge in [-0.3, -0.25) is 4.79 Å². The zero-order valence-corrected chi connectivity index (χ0v) is 14.4. The Hall–Kier alpha value is -2.04. The van der Waals surface area contributed by atoms with E-state index >= 15 is 0 Å². The van der Waals surface area contributed by atoms with Gasteiger partial charge in [-0.25, -0.2) is 0 Å². The van der Waals surface area contributed by atoms with Crippen LogP contribution in [-0.4, -0.2) is 29.8 Å². The largest absolute Gasteiger partial charge is 0.484 e. The highest BCUT2D eigenvalue weighted by Gasteiger charge is 2.21. The number of benzene rings is 2. The standard InChI is InChI=1S/C19H22ClNO3/c1-19(23,12-11-15-5-3-2-4-6-15)14-21-18(22)13-24-17-9-7-16(20)8-10-17/h2-10,23H,11-14H2,1H3,(H,21,22)/t19-/m1/s1. The monoisotopic (exact) mass is 347 g/mol. The lowest BCUT2D eigenvalue weighted by Crippen LogP contribution is -2.42. The van der Waals surface area contributed by atoms with Crippen LogP contribution in [0.4, 0.5) is 0 Å². The highest BCUT2D eigenvalue weighted by atomic mass is 35.5. The summed E-state index contributed by atoms with van der Waals surface area (Å²) >= 11 is 5.79. The maximum Gasteiger partial charge on any atom is 0.258 e. The summed E-state index contributed by atoms with van der Waals surface area (Å²) < 4.78 is 5.36. The lowest BCUT2D eigenvalue weighted by Gasteiger charge is -2.23. The average Bonchev–Trinajstić information content (AvgIpc) is 2.59. The molecule has 0 heterocycles. The number of ether oxygens (including phenoxy) is 1. The number of rotatable bonds is 8. The van der Waals surface area contributed by atoms with Crippen LogP contribution < -0.4 is 10.1 Å². The molecular weight excluding hydrogens is 326 g/mol. The van der Waals surface area contributed by atoms with E-state index in [1.807, 2.05) is 30.3 Å². The molecule has 24 heavy (non-hydrogen) atoms. The van der Waals surface area contributed by atoms with E-state index in [0.29, 0.717) is 17.2 Å². The van der Waals surface area contributed by atoms with Gasteiger partial charge in [0.15, 0.2) is 6.61 Å². The molecule has 2 rings (SSSR count). The second-order valence-corrected chi connectivity index (χ2v) is 6.44. The van der Waals surface area contributed by atoms with Gasteiger partial charge >= 0.3 is 0 Å². The van der Waals surface area contributed by atoms with Gasteiger partial charge in [0.25, 0.3) is 5.91 Å². The zero-order chi connectivity index (χ0) is 17.4. The predicted octanol–water partition coefficient (Wildman–Crippen LogP) is 3.22. The van der Waals surface area contributed by atoms with Crippen molar-refractivity contribution >= 4 is 17.5 Å². The molecular formula is C19H22ClNO3. The number of aliphatic hydroxyl groups is 1. The lowest BCUT2D eigenvalue weighted by atomic mass is 9.97. The Bertz CT molecular complexity index is 641. The molecule has 0 saturated heterocycles. The van der Waals surface area contributed by atoms with Crippen LogP contribution in [0.15, 0.2) is 54.6 Å². The van der Waals surface area contributed by atoms with Gasteiger partial charge in [-0.1, -0.05) is 41.9 Å². The molecule has 2 aromatic carbocycles. The second kappa shape index (κ2) is 8.71. The van der Waals surface area contributed by atoms with E-state index in [4.69, 9.17) is 16.3 Å². The molecule has 0 aliphatic rings. The van der Waals surface area contributed by atoms with E-state index in [9.17, 15) is 9.90 Å². The van der Waals surface area contributed by atoms with Crippen molar-refractivity contribution in [3.63, 3.8) is 0 Å². The van der Waals surface area contributed by atoms with Gasteiger partial charge in [-0.15, -0.1) is 0 Å². The van der Waals surface area contributed by atoms with Gasteiger partial charge in [0.05, 0.1) is 5.60 Å². The summed E-state index contributed by atoms with van der Waals surface area (Å²) in [7, 11) is 0. The minimum Gasteiger partial charge on any atom is -0.484 e. The maximum absolute atomic E-state index is 11.8. The predicted molar refractivity (Wildman–Crippen MR) is 95.3 cm³/mol. The van der Waals surface area contributed by atoms with Crippen molar-refractivity contribution in [2.75, 3.05) is 13.2 Å². The number of halogens is 1. The average molecular weight is 348 g/mol. The first-order chi connectivity index (χ1) is 11.4. The number of nitrogens with one attached hydrogen (secondary N) is 1. The summed E-state index contributed by atoms with van der Waals surface area (Å²) in [5.41, 5.74) is 0.196.